The van der Waals surface area contributed by atoms with E-state index in [-0.39, 0.29) is 5.54 Å². The van der Waals surface area contributed by atoms with Crippen LogP contribution in [0.15, 0.2) is 11.4 Å². The lowest BCUT2D eigenvalue weighted by molar-refractivity contribution is 0.227. The van der Waals surface area contributed by atoms with Crippen molar-refractivity contribution in [1.29, 1.82) is 0 Å². The summed E-state index contributed by atoms with van der Waals surface area (Å²) in [6, 6.07) is 2.41. The van der Waals surface area contributed by atoms with Crippen molar-refractivity contribution in [3.05, 3.63) is 21.9 Å². The molecule has 1 aromatic heterocycles. The van der Waals surface area contributed by atoms with Gasteiger partial charge in [0.25, 0.3) is 0 Å². The van der Waals surface area contributed by atoms with Crippen molar-refractivity contribution in [1.82, 2.24) is 5.32 Å². The molecular weight excluding hydrogens is 250 g/mol. The van der Waals surface area contributed by atoms with E-state index in [1.54, 1.807) is 5.56 Å². The third kappa shape index (κ3) is 4.32. The summed E-state index contributed by atoms with van der Waals surface area (Å²) < 4.78 is 0. The standard InChI is InChI=1S/C17H29NS/c1-12-6-7-14(10-18-17(3,4)5)16(8-12)15-9-13(2)19-11-15/h9,11-12,14,16,18H,6-8,10H2,1-5H3. The Kier molecular flexibility index (Phi) is 4.73. The van der Waals surface area contributed by atoms with Crippen LogP contribution in [0.5, 0.6) is 0 Å². The van der Waals surface area contributed by atoms with Gasteiger partial charge in [0.05, 0.1) is 0 Å². The average molecular weight is 279 g/mol. The van der Waals surface area contributed by atoms with E-state index >= 15 is 0 Å². The zero-order valence-corrected chi connectivity index (χ0v) is 13.9. The number of thiophene rings is 1. The largest absolute Gasteiger partial charge is 0.312 e. The lowest BCUT2D eigenvalue weighted by Crippen LogP contribution is -2.41. The van der Waals surface area contributed by atoms with Crippen LogP contribution in [0.1, 0.15) is 63.3 Å². The summed E-state index contributed by atoms with van der Waals surface area (Å²) >= 11 is 1.90. The molecule has 1 saturated carbocycles. The van der Waals surface area contributed by atoms with Crippen molar-refractivity contribution in [3.63, 3.8) is 0 Å². The molecule has 1 N–H and O–H groups in total. The van der Waals surface area contributed by atoms with Gasteiger partial charge in [0.15, 0.2) is 0 Å². The summed E-state index contributed by atoms with van der Waals surface area (Å²) in [5.41, 5.74) is 1.83. The van der Waals surface area contributed by atoms with Crippen molar-refractivity contribution in [2.45, 2.75) is 65.3 Å². The minimum absolute atomic E-state index is 0.234. The highest BCUT2D eigenvalue weighted by molar-refractivity contribution is 7.10. The molecule has 1 aromatic rings. The predicted molar refractivity (Wildman–Crippen MR) is 86.1 cm³/mol. The number of hydrogen-bond donors (Lipinski definition) is 1. The van der Waals surface area contributed by atoms with Crippen molar-refractivity contribution in [3.8, 4) is 0 Å². The van der Waals surface area contributed by atoms with Gasteiger partial charge in [-0.25, -0.2) is 0 Å². The van der Waals surface area contributed by atoms with Crippen molar-refractivity contribution < 1.29 is 0 Å². The molecule has 108 valence electrons. The molecule has 1 heterocycles. The Morgan fingerprint density at radius 1 is 1.32 bits per heavy atom. The van der Waals surface area contributed by atoms with Crippen LogP contribution >= 0.6 is 11.3 Å². The predicted octanol–water partition coefficient (Wildman–Crippen LogP) is 4.96. The number of nitrogens with one attached hydrogen (secondary N) is 1. The quantitative estimate of drug-likeness (QED) is 0.824. The van der Waals surface area contributed by atoms with Gasteiger partial charge in [-0.1, -0.05) is 13.3 Å². The number of rotatable bonds is 3. The molecule has 3 unspecified atom stereocenters. The fraction of sp³-hybridized carbons (Fsp3) is 0.765. The molecule has 19 heavy (non-hydrogen) atoms. The SMILES string of the molecule is Cc1cc(C2CC(C)CCC2CNC(C)(C)C)cs1. The fourth-order valence-electron chi connectivity index (χ4n) is 3.19. The molecule has 2 heteroatoms. The summed E-state index contributed by atoms with van der Waals surface area (Å²) in [6.07, 6.45) is 4.15. The van der Waals surface area contributed by atoms with Crippen LogP contribution in [0, 0.1) is 18.8 Å². The van der Waals surface area contributed by atoms with Crippen LogP contribution in [0.2, 0.25) is 0 Å². The van der Waals surface area contributed by atoms with E-state index in [9.17, 15) is 0 Å². The normalized spacial score (nSPS) is 28.6. The first-order chi connectivity index (χ1) is 8.85. The Morgan fingerprint density at radius 2 is 2.05 bits per heavy atom. The zero-order valence-electron chi connectivity index (χ0n) is 13.1. The van der Waals surface area contributed by atoms with Gasteiger partial charge in [0.1, 0.15) is 0 Å². The number of hydrogen-bond acceptors (Lipinski definition) is 2. The molecule has 0 amide bonds. The highest BCUT2D eigenvalue weighted by Crippen LogP contribution is 2.41. The van der Waals surface area contributed by atoms with Crippen molar-refractivity contribution >= 4 is 11.3 Å². The summed E-state index contributed by atoms with van der Waals surface area (Å²) in [5, 5.41) is 6.11. The van der Waals surface area contributed by atoms with Gasteiger partial charge >= 0.3 is 0 Å². The third-order valence-corrected chi connectivity index (χ3v) is 5.21. The second kappa shape index (κ2) is 5.97. The minimum Gasteiger partial charge on any atom is -0.312 e. The Bertz CT molecular complexity index is 402. The molecule has 0 radical (unpaired) electrons. The second-order valence-corrected chi connectivity index (χ2v) is 8.52. The Balaban J connectivity index is 2.06. The Hall–Kier alpha value is -0.340. The molecule has 0 spiro atoms. The van der Waals surface area contributed by atoms with Crippen LogP contribution < -0.4 is 5.32 Å². The van der Waals surface area contributed by atoms with E-state index in [1.165, 1.54) is 24.1 Å². The van der Waals surface area contributed by atoms with E-state index in [4.69, 9.17) is 0 Å². The van der Waals surface area contributed by atoms with Crippen molar-refractivity contribution in [2.75, 3.05) is 6.54 Å². The van der Waals surface area contributed by atoms with Gasteiger partial charge in [0, 0.05) is 10.4 Å². The summed E-state index contributed by atoms with van der Waals surface area (Å²) in [4.78, 5) is 1.45. The van der Waals surface area contributed by atoms with Crippen molar-refractivity contribution in [2.24, 2.45) is 11.8 Å². The van der Waals surface area contributed by atoms with Crippen LogP contribution in [0.25, 0.3) is 0 Å². The molecule has 0 saturated heterocycles. The van der Waals surface area contributed by atoms with Crippen LogP contribution in [0.4, 0.5) is 0 Å². The molecule has 0 bridgehead atoms. The van der Waals surface area contributed by atoms with Gasteiger partial charge in [0.2, 0.25) is 0 Å². The van der Waals surface area contributed by atoms with E-state index in [1.807, 2.05) is 11.3 Å². The molecule has 1 aliphatic rings. The summed E-state index contributed by atoms with van der Waals surface area (Å²) in [6.45, 7) is 12.6. The first-order valence-electron chi connectivity index (χ1n) is 7.65. The lowest BCUT2D eigenvalue weighted by atomic mass is 9.72. The smallest absolute Gasteiger partial charge is 0.00966 e. The lowest BCUT2D eigenvalue weighted by Gasteiger charge is -2.36. The first kappa shape index (κ1) is 15.1. The monoisotopic (exact) mass is 279 g/mol. The van der Waals surface area contributed by atoms with E-state index in [0.29, 0.717) is 0 Å². The topological polar surface area (TPSA) is 12.0 Å². The molecule has 0 aliphatic heterocycles. The van der Waals surface area contributed by atoms with E-state index in [2.05, 4.69) is 51.4 Å². The minimum atomic E-state index is 0.234. The highest BCUT2D eigenvalue weighted by atomic mass is 32.1. The average Bonchev–Trinajstić information content (AvgIpc) is 2.73. The van der Waals surface area contributed by atoms with Gasteiger partial charge < -0.3 is 5.32 Å². The molecule has 1 aliphatic carbocycles. The fourth-order valence-corrected chi connectivity index (χ4v) is 3.96. The van der Waals surface area contributed by atoms with Gasteiger partial charge in [-0.2, -0.15) is 0 Å². The number of aryl methyl sites for hydroxylation is 1. The third-order valence-electron chi connectivity index (χ3n) is 4.33. The molecule has 2 rings (SSSR count). The van der Waals surface area contributed by atoms with E-state index in [0.717, 1.165) is 24.3 Å². The van der Waals surface area contributed by atoms with Gasteiger partial charge in [-0.3, -0.25) is 0 Å². The molecule has 0 aromatic carbocycles. The second-order valence-electron chi connectivity index (χ2n) is 7.41. The van der Waals surface area contributed by atoms with Gasteiger partial charge in [-0.05, 0) is 81.8 Å². The van der Waals surface area contributed by atoms with Crippen LogP contribution in [0.3, 0.4) is 0 Å². The zero-order chi connectivity index (χ0) is 14.0. The summed E-state index contributed by atoms with van der Waals surface area (Å²) in [7, 11) is 0. The molecular formula is C17H29NS. The van der Waals surface area contributed by atoms with Crippen LogP contribution in [-0.4, -0.2) is 12.1 Å². The first-order valence-corrected chi connectivity index (χ1v) is 8.53. The van der Waals surface area contributed by atoms with Gasteiger partial charge in [-0.15, -0.1) is 11.3 Å². The van der Waals surface area contributed by atoms with Crippen LogP contribution in [-0.2, 0) is 0 Å². The maximum absolute atomic E-state index is 3.72. The Labute approximate surface area is 122 Å². The highest BCUT2D eigenvalue weighted by Gasteiger charge is 2.30. The van der Waals surface area contributed by atoms with E-state index < -0.39 is 0 Å². The molecule has 3 atom stereocenters. The Morgan fingerprint density at radius 3 is 2.63 bits per heavy atom. The maximum Gasteiger partial charge on any atom is 0.00966 e. The molecule has 1 fully saturated rings. The maximum atomic E-state index is 3.72. The summed E-state index contributed by atoms with van der Waals surface area (Å²) in [5.74, 6) is 2.46. The molecule has 1 nitrogen and oxygen atoms in total.